The van der Waals surface area contributed by atoms with Crippen molar-refractivity contribution in [2.24, 2.45) is 0 Å². The van der Waals surface area contributed by atoms with Gasteiger partial charge in [-0.25, -0.2) is 4.79 Å². The number of aromatic nitrogens is 1. The van der Waals surface area contributed by atoms with Crippen LogP contribution in [0.25, 0.3) is 11.3 Å². The molecule has 0 N–H and O–H groups in total. The van der Waals surface area contributed by atoms with Gasteiger partial charge in [0, 0.05) is 10.6 Å². The first-order valence-electron chi connectivity index (χ1n) is 6.21. The van der Waals surface area contributed by atoms with Crippen LogP contribution in [0.2, 0.25) is 5.02 Å². The Balaban J connectivity index is 1.76. The quantitative estimate of drug-likeness (QED) is 0.680. The number of carbonyl (C=O) groups is 1. The molecule has 0 fully saturated rings. The van der Waals surface area contributed by atoms with Crippen LogP contribution in [0.15, 0.2) is 65.3 Å². The first-order valence-corrected chi connectivity index (χ1v) is 6.59. The molecular weight excluding hydrogens is 290 g/mol. The van der Waals surface area contributed by atoms with Crippen LogP contribution in [0, 0.1) is 0 Å². The number of benzene rings is 2. The standard InChI is InChI=1S/C16H10ClNO3/c17-13-8-6-11(7-9-13)14-10-20-16(18-14)21-15(19)12-4-2-1-3-5-12/h1-10H. The predicted molar refractivity (Wildman–Crippen MR) is 78.3 cm³/mol. The SMILES string of the molecule is O=C(Oc1nc(-c2ccc(Cl)cc2)co1)c1ccccc1. The molecule has 0 saturated carbocycles. The van der Waals surface area contributed by atoms with E-state index in [-0.39, 0.29) is 6.08 Å². The number of hydrogen-bond donors (Lipinski definition) is 0. The first kappa shape index (κ1) is 13.4. The van der Waals surface area contributed by atoms with Crippen LogP contribution in [0.3, 0.4) is 0 Å². The van der Waals surface area contributed by atoms with Gasteiger partial charge in [-0.05, 0) is 24.3 Å². The van der Waals surface area contributed by atoms with Gasteiger partial charge in [0.25, 0.3) is 0 Å². The molecule has 5 heteroatoms. The van der Waals surface area contributed by atoms with Crippen molar-refractivity contribution in [1.29, 1.82) is 0 Å². The summed E-state index contributed by atoms with van der Waals surface area (Å²) in [5.41, 5.74) is 1.83. The number of hydrogen-bond acceptors (Lipinski definition) is 4. The molecule has 0 spiro atoms. The van der Waals surface area contributed by atoms with Crippen LogP contribution in [0.1, 0.15) is 10.4 Å². The fourth-order valence-electron chi connectivity index (χ4n) is 1.77. The van der Waals surface area contributed by atoms with Crippen LogP contribution in [-0.2, 0) is 0 Å². The van der Waals surface area contributed by atoms with Gasteiger partial charge in [0.15, 0.2) is 0 Å². The number of carbonyl (C=O) groups excluding carboxylic acids is 1. The smallest absolute Gasteiger partial charge is 0.402 e. The van der Waals surface area contributed by atoms with Gasteiger partial charge in [0.2, 0.25) is 0 Å². The molecule has 3 rings (SSSR count). The van der Waals surface area contributed by atoms with Crippen molar-refractivity contribution in [3.05, 3.63) is 71.4 Å². The number of halogens is 1. The molecule has 0 atom stereocenters. The number of nitrogens with zero attached hydrogens (tertiary/aromatic N) is 1. The molecule has 0 radical (unpaired) electrons. The van der Waals surface area contributed by atoms with E-state index in [9.17, 15) is 4.79 Å². The highest BCUT2D eigenvalue weighted by Gasteiger charge is 2.13. The van der Waals surface area contributed by atoms with Gasteiger partial charge >= 0.3 is 12.0 Å². The molecule has 4 nitrogen and oxygen atoms in total. The Kier molecular flexibility index (Phi) is 3.71. The Bertz CT molecular complexity index is 751. The Labute approximate surface area is 126 Å². The lowest BCUT2D eigenvalue weighted by Crippen LogP contribution is -2.08. The van der Waals surface area contributed by atoms with E-state index in [2.05, 4.69) is 4.98 Å². The van der Waals surface area contributed by atoms with E-state index >= 15 is 0 Å². The van der Waals surface area contributed by atoms with Crippen molar-refractivity contribution < 1.29 is 13.9 Å². The summed E-state index contributed by atoms with van der Waals surface area (Å²) >= 11 is 5.83. The maximum atomic E-state index is 11.9. The summed E-state index contributed by atoms with van der Waals surface area (Å²) in [6.45, 7) is 0. The second kappa shape index (κ2) is 5.81. The van der Waals surface area contributed by atoms with Crippen LogP contribution in [0.5, 0.6) is 6.08 Å². The van der Waals surface area contributed by atoms with Crippen molar-refractivity contribution in [2.45, 2.75) is 0 Å². The van der Waals surface area contributed by atoms with Gasteiger partial charge in [-0.1, -0.05) is 41.9 Å². The van der Waals surface area contributed by atoms with Crippen LogP contribution < -0.4 is 4.74 Å². The second-order valence-corrected chi connectivity index (χ2v) is 4.70. The van der Waals surface area contributed by atoms with Gasteiger partial charge in [0.05, 0.1) is 5.56 Å². The molecule has 21 heavy (non-hydrogen) atoms. The number of esters is 1. The third-order valence-corrected chi connectivity index (χ3v) is 3.06. The Hall–Kier alpha value is -2.59. The van der Waals surface area contributed by atoms with Crippen molar-refractivity contribution in [3.63, 3.8) is 0 Å². The third-order valence-electron chi connectivity index (χ3n) is 2.81. The Morgan fingerprint density at radius 1 is 1.05 bits per heavy atom. The summed E-state index contributed by atoms with van der Waals surface area (Å²) in [5, 5.41) is 0.637. The highest BCUT2D eigenvalue weighted by Crippen LogP contribution is 2.23. The van der Waals surface area contributed by atoms with Crippen molar-refractivity contribution in [2.75, 3.05) is 0 Å². The fraction of sp³-hybridized carbons (Fsp3) is 0. The monoisotopic (exact) mass is 299 g/mol. The van der Waals surface area contributed by atoms with Gasteiger partial charge in [-0.15, -0.1) is 0 Å². The van der Waals surface area contributed by atoms with E-state index in [1.165, 1.54) is 6.26 Å². The molecule has 0 bridgehead atoms. The zero-order valence-electron chi connectivity index (χ0n) is 10.8. The molecule has 0 aliphatic heterocycles. The van der Waals surface area contributed by atoms with E-state index in [1.807, 2.05) is 18.2 Å². The molecule has 0 saturated heterocycles. The average molecular weight is 300 g/mol. The number of rotatable bonds is 3. The van der Waals surface area contributed by atoms with E-state index < -0.39 is 5.97 Å². The summed E-state index contributed by atoms with van der Waals surface area (Å²) in [4.78, 5) is 16.0. The molecule has 2 aromatic carbocycles. The molecule has 0 amide bonds. The maximum Gasteiger partial charge on any atom is 0.402 e. The van der Waals surface area contributed by atoms with Crippen molar-refractivity contribution in [1.82, 2.24) is 4.98 Å². The highest BCUT2D eigenvalue weighted by atomic mass is 35.5. The normalized spacial score (nSPS) is 10.3. The van der Waals surface area contributed by atoms with Crippen LogP contribution >= 0.6 is 11.6 Å². The van der Waals surface area contributed by atoms with E-state index in [0.717, 1.165) is 5.56 Å². The van der Waals surface area contributed by atoms with Crippen LogP contribution in [-0.4, -0.2) is 11.0 Å². The van der Waals surface area contributed by atoms with E-state index in [0.29, 0.717) is 16.3 Å². The second-order valence-electron chi connectivity index (χ2n) is 4.26. The largest absolute Gasteiger partial charge is 0.417 e. The molecule has 0 aliphatic carbocycles. The number of oxazole rings is 1. The fourth-order valence-corrected chi connectivity index (χ4v) is 1.90. The zero-order valence-corrected chi connectivity index (χ0v) is 11.6. The first-order chi connectivity index (χ1) is 10.2. The lowest BCUT2D eigenvalue weighted by molar-refractivity contribution is 0.0683. The molecule has 104 valence electrons. The average Bonchev–Trinajstić information content (AvgIpc) is 2.97. The summed E-state index contributed by atoms with van der Waals surface area (Å²) in [5.74, 6) is -0.514. The molecule has 3 aromatic rings. The topological polar surface area (TPSA) is 52.3 Å². The molecule has 1 aromatic heterocycles. The van der Waals surface area contributed by atoms with Gasteiger partial charge < -0.3 is 9.15 Å². The lowest BCUT2D eigenvalue weighted by atomic mass is 10.2. The minimum absolute atomic E-state index is 0.0891. The minimum Gasteiger partial charge on any atom is -0.417 e. The highest BCUT2D eigenvalue weighted by molar-refractivity contribution is 6.30. The van der Waals surface area contributed by atoms with Gasteiger partial charge in [-0.3, -0.25) is 0 Å². The predicted octanol–water partition coefficient (Wildman–Crippen LogP) is 4.21. The van der Waals surface area contributed by atoms with Crippen molar-refractivity contribution in [3.8, 4) is 17.3 Å². The van der Waals surface area contributed by atoms with Crippen LogP contribution in [0.4, 0.5) is 0 Å². The minimum atomic E-state index is -0.514. The zero-order chi connectivity index (χ0) is 14.7. The maximum absolute atomic E-state index is 11.9. The van der Waals surface area contributed by atoms with Gasteiger partial charge in [-0.2, -0.15) is 4.98 Å². The number of ether oxygens (including phenoxy) is 1. The summed E-state index contributed by atoms with van der Waals surface area (Å²) in [7, 11) is 0. The summed E-state index contributed by atoms with van der Waals surface area (Å²) < 4.78 is 10.2. The molecular formula is C16H10ClNO3. The molecule has 0 unspecified atom stereocenters. The lowest BCUT2D eigenvalue weighted by Gasteiger charge is -1.98. The third kappa shape index (κ3) is 3.12. The molecule has 0 aliphatic rings. The van der Waals surface area contributed by atoms with E-state index in [1.54, 1.807) is 36.4 Å². The van der Waals surface area contributed by atoms with E-state index in [4.69, 9.17) is 20.8 Å². The molecule has 1 heterocycles. The summed E-state index contributed by atoms with van der Waals surface area (Å²) in [6.07, 6.45) is 1.34. The Morgan fingerprint density at radius 2 is 1.76 bits per heavy atom. The van der Waals surface area contributed by atoms with Gasteiger partial charge in [0.1, 0.15) is 12.0 Å². The summed E-state index contributed by atoms with van der Waals surface area (Å²) in [6, 6.07) is 15.8. The van der Waals surface area contributed by atoms with Crippen molar-refractivity contribution >= 4 is 17.6 Å². The Morgan fingerprint density at radius 3 is 2.48 bits per heavy atom.